The van der Waals surface area contributed by atoms with Crippen molar-refractivity contribution in [1.82, 2.24) is 29.8 Å². The second-order valence-corrected chi connectivity index (χ2v) is 11.5. The van der Waals surface area contributed by atoms with Crippen molar-refractivity contribution >= 4 is 11.6 Å². The fraction of sp³-hybridized carbons (Fsp3) is 0.406. The fourth-order valence-electron chi connectivity index (χ4n) is 6.18. The summed E-state index contributed by atoms with van der Waals surface area (Å²) in [7, 11) is 5.81. The molecule has 1 amide bonds. The highest BCUT2D eigenvalue weighted by atomic mass is 16.5. The van der Waals surface area contributed by atoms with Crippen LogP contribution >= 0.6 is 0 Å². The number of likely N-dealkylation sites (tertiary alicyclic amines) is 1. The van der Waals surface area contributed by atoms with Gasteiger partial charge in [-0.15, -0.1) is 0 Å². The number of aryl methyl sites for hydroxylation is 2. The second kappa shape index (κ2) is 11.1. The molecule has 0 spiro atoms. The number of fused-ring (bicyclic) bond motifs is 2. The first-order chi connectivity index (χ1) is 19.8. The lowest BCUT2D eigenvalue weighted by Gasteiger charge is -2.34. The summed E-state index contributed by atoms with van der Waals surface area (Å²) in [5, 5.41) is 12.4. The lowest BCUT2D eigenvalue weighted by Crippen LogP contribution is -2.44. The van der Waals surface area contributed by atoms with E-state index in [1.165, 1.54) is 6.42 Å². The van der Waals surface area contributed by atoms with E-state index in [0.717, 1.165) is 57.9 Å². The summed E-state index contributed by atoms with van der Waals surface area (Å²) in [4.78, 5) is 18.6. The Kier molecular flexibility index (Phi) is 7.40. The highest BCUT2D eigenvalue weighted by molar-refractivity contribution is 5.97. The van der Waals surface area contributed by atoms with Gasteiger partial charge in [-0.25, -0.2) is 0 Å². The summed E-state index contributed by atoms with van der Waals surface area (Å²) in [6.07, 6.45) is 7.03. The normalized spacial score (nSPS) is 19.2. The molecule has 2 saturated heterocycles. The smallest absolute Gasteiger partial charge is 0.252 e. The van der Waals surface area contributed by atoms with Crippen LogP contribution in [0.15, 0.2) is 61.1 Å². The number of nitrogens with zero attached hydrogens (tertiary/aromatic N) is 6. The Morgan fingerprint density at radius 2 is 1.90 bits per heavy atom. The largest absolute Gasteiger partial charge is 0.383 e. The second-order valence-electron chi connectivity index (χ2n) is 11.5. The van der Waals surface area contributed by atoms with Gasteiger partial charge in [-0.2, -0.15) is 10.2 Å². The molecule has 4 heterocycles. The zero-order valence-corrected chi connectivity index (χ0v) is 24.5. The number of likely N-dealkylation sites (N-methyl/N-ethyl adjacent to an activating group) is 1. The molecule has 3 atom stereocenters. The number of methoxy groups -OCH3 is 1. The minimum Gasteiger partial charge on any atom is -0.383 e. The zero-order chi connectivity index (χ0) is 28.7. The van der Waals surface area contributed by atoms with Crippen LogP contribution in [0.3, 0.4) is 0 Å². The first kappa shape index (κ1) is 27.2. The number of benzene rings is 2. The zero-order valence-electron chi connectivity index (χ0n) is 24.5. The van der Waals surface area contributed by atoms with Crippen LogP contribution in [0.2, 0.25) is 0 Å². The number of anilines is 1. The third-order valence-corrected chi connectivity index (χ3v) is 8.61. The van der Waals surface area contributed by atoms with E-state index in [0.29, 0.717) is 25.2 Å². The number of rotatable bonds is 9. The van der Waals surface area contributed by atoms with E-state index in [9.17, 15) is 4.79 Å². The highest BCUT2D eigenvalue weighted by Gasteiger charge is 2.41. The van der Waals surface area contributed by atoms with Crippen molar-refractivity contribution in [3.05, 3.63) is 77.7 Å². The molecular formula is C32H39N7O2. The summed E-state index contributed by atoms with van der Waals surface area (Å²) >= 11 is 0. The van der Waals surface area contributed by atoms with Crippen LogP contribution in [-0.4, -0.2) is 76.3 Å². The summed E-state index contributed by atoms with van der Waals surface area (Å²) < 4.78 is 8.90. The number of piperazine rings is 1. The topological polar surface area (TPSA) is 80.4 Å². The maximum atomic E-state index is 13.7. The standard InChI is InChI=1S/C32H39N7O2/c1-21-6-7-27(39-20-28-15-29(39)19-36(28)3)16-30(21)32(40)34-22(2)23-12-24(26-17-33-37(4)18-26)14-25(13-23)31-8-9-38(35-31)10-11-41-5/h6-9,12-14,16-18,22,28-29H,10-11,15,19-20H2,1-5H3,(H,34,40)/t22-,28-,29-/m1/s1. The maximum Gasteiger partial charge on any atom is 0.252 e. The van der Waals surface area contributed by atoms with Crippen LogP contribution in [0.5, 0.6) is 0 Å². The van der Waals surface area contributed by atoms with Gasteiger partial charge in [0.1, 0.15) is 0 Å². The molecule has 0 aliphatic carbocycles. The number of carbonyl (C=O) groups is 1. The molecular weight excluding hydrogens is 514 g/mol. The Hall–Kier alpha value is -3.95. The number of aromatic nitrogens is 4. The van der Waals surface area contributed by atoms with Gasteiger partial charge in [-0.05, 0) is 80.4 Å². The molecule has 1 N–H and O–H groups in total. The van der Waals surface area contributed by atoms with Crippen LogP contribution in [0.25, 0.3) is 22.4 Å². The Bertz CT molecular complexity index is 1560. The highest BCUT2D eigenvalue weighted by Crippen LogP contribution is 2.35. The molecule has 41 heavy (non-hydrogen) atoms. The van der Waals surface area contributed by atoms with Crippen LogP contribution in [0, 0.1) is 6.92 Å². The van der Waals surface area contributed by atoms with Crippen LogP contribution in [0.4, 0.5) is 5.69 Å². The number of carbonyl (C=O) groups excluding carboxylic acids is 1. The number of hydrogen-bond acceptors (Lipinski definition) is 6. The molecule has 2 aromatic carbocycles. The van der Waals surface area contributed by atoms with Crippen molar-refractivity contribution in [1.29, 1.82) is 0 Å². The van der Waals surface area contributed by atoms with E-state index in [4.69, 9.17) is 9.84 Å². The van der Waals surface area contributed by atoms with E-state index >= 15 is 0 Å². The number of amides is 1. The molecule has 0 radical (unpaired) electrons. The van der Waals surface area contributed by atoms with Crippen LogP contribution in [0.1, 0.15) is 40.9 Å². The van der Waals surface area contributed by atoms with Crippen LogP contribution in [-0.2, 0) is 18.3 Å². The molecule has 0 saturated carbocycles. The lowest BCUT2D eigenvalue weighted by molar-refractivity contribution is 0.0939. The Morgan fingerprint density at radius 3 is 2.61 bits per heavy atom. The van der Waals surface area contributed by atoms with Gasteiger partial charge in [-0.1, -0.05) is 6.07 Å². The summed E-state index contributed by atoms with van der Waals surface area (Å²) in [6.45, 7) is 7.43. The van der Waals surface area contributed by atoms with Crippen molar-refractivity contribution < 1.29 is 9.53 Å². The van der Waals surface area contributed by atoms with E-state index in [-0.39, 0.29) is 11.9 Å². The molecule has 0 unspecified atom stereocenters. The molecule has 214 valence electrons. The van der Waals surface area contributed by atoms with Crippen molar-refractivity contribution in [2.75, 3.05) is 38.8 Å². The van der Waals surface area contributed by atoms with Gasteiger partial charge >= 0.3 is 0 Å². The molecule has 2 aromatic heterocycles. The van der Waals surface area contributed by atoms with E-state index in [2.05, 4.69) is 63.7 Å². The molecule has 2 aliphatic heterocycles. The SMILES string of the molecule is COCCn1ccc(-c2cc(-c3cnn(C)c3)cc([C@@H](C)NC(=O)c3cc(N4C[C@H]5C[C@@H]4CN5C)ccc3C)c2)n1. The number of ether oxygens (including phenoxy) is 1. The average Bonchev–Trinajstić information content (AvgIpc) is 3.77. The Labute approximate surface area is 241 Å². The number of hydrogen-bond donors (Lipinski definition) is 1. The summed E-state index contributed by atoms with van der Waals surface area (Å²) in [5.74, 6) is -0.0597. The van der Waals surface area contributed by atoms with E-state index in [1.54, 1.807) is 11.8 Å². The predicted molar refractivity (Wildman–Crippen MR) is 161 cm³/mol. The van der Waals surface area contributed by atoms with Gasteiger partial charge in [0.05, 0.1) is 31.1 Å². The van der Waals surface area contributed by atoms with Gasteiger partial charge in [0, 0.05) is 74.1 Å². The minimum atomic E-state index is -0.215. The first-order valence-electron chi connectivity index (χ1n) is 14.3. The van der Waals surface area contributed by atoms with Crippen molar-refractivity contribution in [3.63, 3.8) is 0 Å². The molecule has 2 bridgehead atoms. The molecule has 4 aromatic rings. The third-order valence-electron chi connectivity index (χ3n) is 8.61. The van der Waals surface area contributed by atoms with Gasteiger partial charge in [-0.3, -0.25) is 19.1 Å². The van der Waals surface area contributed by atoms with E-state index in [1.807, 2.05) is 50.2 Å². The van der Waals surface area contributed by atoms with Crippen LogP contribution < -0.4 is 10.2 Å². The van der Waals surface area contributed by atoms with Gasteiger partial charge in [0.2, 0.25) is 0 Å². The predicted octanol–water partition coefficient (Wildman–Crippen LogP) is 4.29. The monoisotopic (exact) mass is 553 g/mol. The molecule has 9 nitrogen and oxygen atoms in total. The molecule has 2 fully saturated rings. The van der Waals surface area contributed by atoms with E-state index < -0.39 is 0 Å². The van der Waals surface area contributed by atoms with Gasteiger partial charge in [0.15, 0.2) is 0 Å². The van der Waals surface area contributed by atoms with Gasteiger partial charge in [0.25, 0.3) is 5.91 Å². The van der Waals surface area contributed by atoms with Crippen molar-refractivity contribution in [2.45, 2.75) is 44.9 Å². The summed E-state index contributed by atoms with van der Waals surface area (Å²) in [5.41, 5.74) is 7.77. The Balaban J connectivity index is 1.26. The number of nitrogens with one attached hydrogen (secondary N) is 1. The third kappa shape index (κ3) is 5.52. The molecule has 9 heteroatoms. The van der Waals surface area contributed by atoms with Crippen molar-refractivity contribution in [3.8, 4) is 22.4 Å². The molecule has 2 aliphatic rings. The summed E-state index contributed by atoms with van der Waals surface area (Å²) in [6, 6.07) is 15.6. The van der Waals surface area contributed by atoms with Crippen molar-refractivity contribution in [2.24, 2.45) is 7.05 Å². The quantitative estimate of drug-likeness (QED) is 0.333. The fourth-order valence-corrected chi connectivity index (χ4v) is 6.18. The average molecular weight is 554 g/mol. The lowest BCUT2D eigenvalue weighted by atomic mass is 9.96. The minimum absolute atomic E-state index is 0.0597. The first-order valence-corrected chi connectivity index (χ1v) is 14.3. The Morgan fingerprint density at radius 1 is 1.07 bits per heavy atom. The molecule has 6 rings (SSSR count). The maximum absolute atomic E-state index is 13.7. The van der Waals surface area contributed by atoms with Gasteiger partial charge < -0.3 is 15.0 Å².